The van der Waals surface area contributed by atoms with Crippen LogP contribution in [0.3, 0.4) is 0 Å². The molecule has 22 heavy (non-hydrogen) atoms. The number of Topliss-reactive ketones (excluding diaryl/α,β-unsaturated/α-hetero) is 1. The van der Waals surface area contributed by atoms with Crippen LogP contribution in [0, 0.1) is 11.6 Å². The zero-order valence-electron chi connectivity index (χ0n) is 11.0. The van der Waals surface area contributed by atoms with Gasteiger partial charge in [0.15, 0.2) is 23.1 Å². The molecule has 0 aliphatic heterocycles. The largest absolute Gasteiger partial charge is 0.435 e. The van der Waals surface area contributed by atoms with Gasteiger partial charge in [0.05, 0.1) is 11.0 Å². The second-order valence-electron chi connectivity index (χ2n) is 4.51. The number of halogens is 6. The Hall–Kier alpha value is -1.77. The molecule has 0 amide bonds. The van der Waals surface area contributed by atoms with Crippen LogP contribution < -0.4 is 0 Å². The van der Waals surface area contributed by atoms with Crippen LogP contribution in [-0.2, 0) is 17.5 Å². The summed E-state index contributed by atoms with van der Waals surface area (Å²) in [5.41, 5.74) is -2.59. The van der Waals surface area contributed by atoms with Gasteiger partial charge in [-0.3, -0.25) is 9.48 Å². The zero-order chi connectivity index (χ0) is 16.7. The smallest absolute Gasteiger partial charge is 0.298 e. The van der Waals surface area contributed by atoms with Crippen molar-refractivity contribution >= 4 is 21.7 Å². The van der Waals surface area contributed by atoms with Crippen LogP contribution in [0.5, 0.6) is 0 Å². The summed E-state index contributed by atoms with van der Waals surface area (Å²) in [5, 5.41) is 3.26. The van der Waals surface area contributed by atoms with E-state index in [9.17, 15) is 26.7 Å². The molecule has 3 nitrogen and oxygen atoms in total. The van der Waals surface area contributed by atoms with E-state index in [0.29, 0.717) is 0 Å². The number of benzene rings is 1. The van der Waals surface area contributed by atoms with Crippen LogP contribution in [0.1, 0.15) is 12.6 Å². The average Bonchev–Trinajstić information content (AvgIpc) is 2.79. The van der Waals surface area contributed by atoms with Gasteiger partial charge in [-0.05, 0) is 35.0 Å². The Morgan fingerprint density at radius 2 is 1.86 bits per heavy atom. The van der Waals surface area contributed by atoms with Crippen molar-refractivity contribution in [3.8, 4) is 11.1 Å². The predicted octanol–water partition coefficient (Wildman–Crippen LogP) is 4.20. The van der Waals surface area contributed by atoms with Crippen LogP contribution in [-0.4, -0.2) is 15.6 Å². The second kappa shape index (κ2) is 5.79. The van der Waals surface area contributed by atoms with Crippen LogP contribution in [0.4, 0.5) is 22.0 Å². The molecule has 9 heteroatoms. The maximum Gasteiger partial charge on any atom is 0.435 e. The van der Waals surface area contributed by atoms with Gasteiger partial charge in [0.25, 0.3) is 0 Å². The first-order valence-corrected chi connectivity index (χ1v) is 6.68. The zero-order valence-corrected chi connectivity index (χ0v) is 12.6. The van der Waals surface area contributed by atoms with Crippen molar-refractivity contribution in [1.82, 2.24) is 9.78 Å². The van der Waals surface area contributed by atoms with Crippen molar-refractivity contribution in [3.05, 3.63) is 40.1 Å². The normalized spacial score (nSPS) is 11.8. The van der Waals surface area contributed by atoms with Gasteiger partial charge in [-0.15, -0.1) is 0 Å². The molecule has 2 aromatic rings. The molecule has 1 aromatic heterocycles. The molecule has 118 valence electrons. The summed E-state index contributed by atoms with van der Waals surface area (Å²) in [7, 11) is 0. The molecule has 0 aliphatic carbocycles. The minimum absolute atomic E-state index is 0.210. The first-order valence-electron chi connectivity index (χ1n) is 5.89. The maximum absolute atomic E-state index is 13.9. The lowest BCUT2D eigenvalue weighted by Gasteiger charge is -2.08. The maximum atomic E-state index is 13.9. The summed E-state index contributed by atoms with van der Waals surface area (Å²) in [4.78, 5) is 11.0. The molecule has 0 saturated carbocycles. The quantitative estimate of drug-likeness (QED) is 0.589. The average molecular weight is 383 g/mol. The summed E-state index contributed by atoms with van der Waals surface area (Å²) < 4.78 is 67.0. The Morgan fingerprint density at radius 3 is 2.41 bits per heavy atom. The highest BCUT2D eigenvalue weighted by molar-refractivity contribution is 9.10. The van der Waals surface area contributed by atoms with E-state index in [1.807, 2.05) is 0 Å². The molecule has 0 atom stereocenters. The Kier molecular flexibility index (Phi) is 4.37. The Balaban J connectivity index is 2.66. The van der Waals surface area contributed by atoms with E-state index >= 15 is 0 Å². The number of hydrogen-bond donors (Lipinski definition) is 0. The van der Waals surface area contributed by atoms with E-state index in [4.69, 9.17) is 0 Å². The molecule has 0 aliphatic rings. The standard InChI is InChI=1S/C13H8BrF5N2O/c1-6(22)4-21-5-8(12(20-21)13(17,18)19)7-2-3-9(14)11(16)10(7)15/h2-3,5H,4H2,1H3. The van der Waals surface area contributed by atoms with Crippen molar-refractivity contribution in [2.24, 2.45) is 0 Å². The molecule has 0 N–H and O–H groups in total. The number of hydrogen-bond acceptors (Lipinski definition) is 2. The fourth-order valence-corrected chi connectivity index (χ4v) is 2.18. The van der Waals surface area contributed by atoms with Crippen molar-refractivity contribution in [2.75, 3.05) is 0 Å². The van der Waals surface area contributed by atoms with Gasteiger partial charge in [0.2, 0.25) is 0 Å². The molecule has 0 unspecified atom stereocenters. The molecule has 0 spiro atoms. The van der Waals surface area contributed by atoms with Gasteiger partial charge in [0, 0.05) is 17.3 Å². The molecule has 2 rings (SSSR count). The lowest BCUT2D eigenvalue weighted by atomic mass is 10.1. The van der Waals surface area contributed by atoms with Crippen molar-refractivity contribution < 1.29 is 26.7 Å². The number of ketones is 1. The predicted molar refractivity (Wildman–Crippen MR) is 71.0 cm³/mol. The fraction of sp³-hybridized carbons (Fsp3) is 0.231. The highest BCUT2D eigenvalue weighted by Gasteiger charge is 2.38. The van der Waals surface area contributed by atoms with E-state index in [-0.39, 0.29) is 4.47 Å². The first kappa shape index (κ1) is 16.6. The summed E-state index contributed by atoms with van der Waals surface area (Å²) in [6, 6.07) is 2.10. The number of rotatable bonds is 3. The van der Waals surface area contributed by atoms with Gasteiger partial charge in [-0.1, -0.05) is 0 Å². The van der Waals surface area contributed by atoms with E-state index in [2.05, 4.69) is 21.0 Å². The highest BCUT2D eigenvalue weighted by atomic mass is 79.9. The SMILES string of the molecule is CC(=O)Cn1cc(-c2ccc(Br)c(F)c2F)c(C(F)(F)F)n1. The van der Waals surface area contributed by atoms with Gasteiger partial charge in [-0.2, -0.15) is 18.3 Å². The number of nitrogens with zero attached hydrogens (tertiary/aromatic N) is 2. The third-order valence-corrected chi connectivity index (χ3v) is 3.35. The molecule has 0 bridgehead atoms. The summed E-state index contributed by atoms with van der Waals surface area (Å²) in [5.74, 6) is -3.16. The Labute approximate surface area is 129 Å². The molecule has 0 saturated heterocycles. The van der Waals surface area contributed by atoms with E-state index in [1.54, 1.807) is 0 Å². The number of aromatic nitrogens is 2. The Bertz CT molecular complexity index is 739. The second-order valence-corrected chi connectivity index (χ2v) is 5.37. The van der Waals surface area contributed by atoms with Gasteiger partial charge >= 0.3 is 6.18 Å². The van der Waals surface area contributed by atoms with Gasteiger partial charge in [-0.25, -0.2) is 8.78 Å². The first-order chi connectivity index (χ1) is 10.1. The monoisotopic (exact) mass is 382 g/mol. The van der Waals surface area contributed by atoms with Crippen LogP contribution in [0.15, 0.2) is 22.8 Å². The molecule has 1 heterocycles. The minimum atomic E-state index is -4.87. The summed E-state index contributed by atoms with van der Waals surface area (Å²) in [6.07, 6.45) is -4.00. The van der Waals surface area contributed by atoms with Crippen LogP contribution in [0.2, 0.25) is 0 Å². The van der Waals surface area contributed by atoms with Crippen molar-refractivity contribution in [2.45, 2.75) is 19.6 Å². The summed E-state index contributed by atoms with van der Waals surface area (Å²) in [6.45, 7) is 0.776. The molecule has 0 fully saturated rings. The molecule has 0 radical (unpaired) electrons. The molecular weight excluding hydrogens is 375 g/mol. The lowest BCUT2D eigenvalue weighted by Crippen LogP contribution is -2.11. The number of carbonyl (C=O) groups is 1. The topological polar surface area (TPSA) is 34.9 Å². The number of alkyl halides is 3. The Morgan fingerprint density at radius 1 is 1.23 bits per heavy atom. The molecule has 1 aromatic carbocycles. The lowest BCUT2D eigenvalue weighted by molar-refractivity contribution is -0.141. The van der Waals surface area contributed by atoms with Crippen LogP contribution in [0.25, 0.3) is 11.1 Å². The van der Waals surface area contributed by atoms with E-state index in [0.717, 1.165) is 23.0 Å². The van der Waals surface area contributed by atoms with E-state index < -0.39 is 47.0 Å². The highest BCUT2D eigenvalue weighted by Crippen LogP contribution is 2.38. The van der Waals surface area contributed by atoms with Gasteiger partial charge < -0.3 is 0 Å². The fourth-order valence-electron chi connectivity index (χ4n) is 1.87. The summed E-state index contributed by atoms with van der Waals surface area (Å²) >= 11 is 2.75. The third-order valence-electron chi connectivity index (χ3n) is 2.74. The van der Waals surface area contributed by atoms with Gasteiger partial charge in [0.1, 0.15) is 0 Å². The number of carbonyl (C=O) groups excluding carboxylic acids is 1. The third kappa shape index (κ3) is 3.18. The van der Waals surface area contributed by atoms with E-state index in [1.165, 1.54) is 6.92 Å². The molecular formula is C13H8BrF5N2O. The van der Waals surface area contributed by atoms with Crippen LogP contribution >= 0.6 is 15.9 Å². The minimum Gasteiger partial charge on any atom is -0.298 e. The van der Waals surface area contributed by atoms with Crippen molar-refractivity contribution in [1.29, 1.82) is 0 Å². The van der Waals surface area contributed by atoms with Crippen molar-refractivity contribution in [3.63, 3.8) is 0 Å².